The molecule has 26 heavy (non-hydrogen) atoms. The van der Waals surface area contributed by atoms with Gasteiger partial charge >= 0.3 is 0 Å². The van der Waals surface area contributed by atoms with Crippen molar-refractivity contribution in [1.29, 1.82) is 0 Å². The van der Waals surface area contributed by atoms with Gasteiger partial charge in [-0.2, -0.15) is 0 Å². The summed E-state index contributed by atoms with van der Waals surface area (Å²) in [5.41, 5.74) is 0.579. The van der Waals surface area contributed by atoms with Crippen LogP contribution < -0.4 is 4.72 Å². The maximum atomic E-state index is 13.0. The molecule has 0 aliphatic carbocycles. The van der Waals surface area contributed by atoms with Crippen molar-refractivity contribution in [3.05, 3.63) is 52.3 Å². The van der Waals surface area contributed by atoms with E-state index < -0.39 is 22.6 Å². The van der Waals surface area contributed by atoms with Crippen LogP contribution in [-0.2, 0) is 21.5 Å². The van der Waals surface area contributed by atoms with Crippen LogP contribution in [0.1, 0.15) is 21.6 Å². The molecule has 0 unspecified atom stereocenters. The number of sulfonamides is 1. The Kier molecular flexibility index (Phi) is 6.17. The number of nitrogens with one attached hydrogen (secondary N) is 1. The first-order valence-corrected chi connectivity index (χ1v) is 9.21. The fourth-order valence-corrected chi connectivity index (χ4v) is 3.35. The lowest BCUT2D eigenvalue weighted by molar-refractivity contribution is -0.0759. The largest absolute Gasteiger partial charge is 0.297 e. The molecule has 7 nitrogen and oxygen atoms in total. The van der Waals surface area contributed by atoms with Crippen molar-refractivity contribution in [2.75, 3.05) is 18.9 Å². The number of rotatable bonds is 6. The first-order chi connectivity index (χ1) is 12.2. The van der Waals surface area contributed by atoms with Crippen LogP contribution in [0.3, 0.4) is 0 Å². The Hall–Kier alpha value is -2.23. The fraction of sp³-hybridized carbons (Fsp3) is 0.250. The SMILES string of the molecule is CON(C)C(=O)c1ncc(Cl)cc1NS(=O)(=O)c1ccc(C)c(CF)c1. The zero-order chi connectivity index (χ0) is 19.5. The molecule has 1 heterocycles. The van der Waals surface area contributed by atoms with Crippen LogP contribution in [0.15, 0.2) is 35.4 Å². The molecule has 0 radical (unpaired) electrons. The lowest BCUT2D eigenvalue weighted by atomic mass is 10.1. The molecule has 0 saturated heterocycles. The van der Waals surface area contributed by atoms with Crippen LogP contribution >= 0.6 is 11.6 Å². The molecule has 2 rings (SSSR count). The highest BCUT2D eigenvalue weighted by Crippen LogP contribution is 2.24. The molecular formula is C16H17ClFN3O4S. The highest BCUT2D eigenvalue weighted by atomic mass is 35.5. The number of pyridine rings is 1. The maximum absolute atomic E-state index is 13.0. The number of hydrogen-bond donors (Lipinski definition) is 1. The molecule has 1 N–H and O–H groups in total. The minimum Gasteiger partial charge on any atom is -0.277 e. The van der Waals surface area contributed by atoms with Crippen LogP contribution in [0.5, 0.6) is 0 Å². The van der Waals surface area contributed by atoms with Crippen LogP contribution in [0.25, 0.3) is 0 Å². The zero-order valence-electron chi connectivity index (χ0n) is 14.3. The smallest absolute Gasteiger partial charge is 0.277 e. The van der Waals surface area contributed by atoms with Gasteiger partial charge in [0.1, 0.15) is 6.67 Å². The third-order valence-corrected chi connectivity index (χ3v) is 5.21. The molecule has 140 valence electrons. The Morgan fingerprint density at radius 2 is 2.08 bits per heavy atom. The summed E-state index contributed by atoms with van der Waals surface area (Å²) < 4.78 is 40.6. The van der Waals surface area contributed by atoms with E-state index in [2.05, 4.69) is 9.71 Å². The minimum atomic E-state index is -4.09. The van der Waals surface area contributed by atoms with Gasteiger partial charge in [-0.3, -0.25) is 14.4 Å². The maximum Gasteiger partial charge on any atom is 0.297 e. The summed E-state index contributed by atoms with van der Waals surface area (Å²) in [6.45, 7) is 0.882. The number of carbonyl (C=O) groups is 1. The molecule has 0 bridgehead atoms. The predicted octanol–water partition coefficient (Wildman–Crippen LogP) is 2.95. The molecule has 0 aliphatic rings. The van der Waals surface area contributed by atoms with E-state index in [4.69, 9.17) is 16.4 Å². The summed E-state index contributed by atoms with van der Waals surface area (Å²) >= 11 is 5.88. The Bertz CT molecular complexity index is 937. The van der Waals surface area contributed by atoms with E-state index >= 15 is 0 Å². The van der Waals surface area contributed by atoms with Gasteiger partial charge in [0.2, 0.25) is 0 Å². The number of hydroxylamine groups is 2. The van der Waals surface area contributed by atoms with Crippen LogP contribution in [0.4, 0.5) is 10.1 Å². The number of halogens is 2. The van der Waals surface area contributed by atoms with Crippen molar-refractivity contribution in [3.63, 3.8) is 0 Å². The predicted molar refractivity (Wildman–Crippen MR) is 95.1 cm³/mol. The number of benzene rings is 1. The quantitative estimate of drug-likeness (QED) is 0.752. The minimum absolute atomic E-state index is 0.117. The van der Waals surface area contributed by atoms with E-state index in [1.54, 1.807) is 6.92 Å². The van der Waals surface area contributed by atoms with Crippen molar-refractivity contribution in [1.82, 2.24) is 10.0 Å². The van der Waals surface area contributed by atoms with Crippen LogP contribution in [0.2, 0.25) is 5.02 Å². The average molecular weight is 402 g/mol. The first kappa shape index (κ1) is 20.1. The number of anilines is 1. The lowest BCUT2D eigenvalue weighted by Gasteiger charge is -2.17. The molecule has 1 aromatic heterocycles. The van der Waals surface area contributed by atoms with Gasteiger partial charge in [0.25, 0.3) is 15.9 Å². The van der Waals surface area contributed by atoms with Crippen LogP contribution in [-0.4, -0.2) is 38.5 Å². The van der Waals surface area contributed by atoms with E-state index in [1.807, 2.05) is 0 Å². The summed E-state index contributed by atoms with van der Waals surface area (Å²) in [6, 6.07) is 5.34. The molecular weight excluding hydrogens is 385 g/mol. The Balaban J connectivity index is 2.46. The van der Waals surface area contributed by atoms with Gasteiger partial charge in [-0.05, 0) is 36.2 Å². The van der Waals surface area contributed by atoms with Gasteiger partial charge in [-0.1, -0.05) is 17.7 Å². The zero-order valence-corrected chi connectivity index (χ0v) is 15.9. The molecule has 2 aromatic rings. The second-order valence-electron chi connectivity index (χ2n) is 5.36. The van der Waals surface area contributed by atoms with Gasteiger partial charge in [0.15, 0.2) is 5.69 Å². The Morgan fingerprint density at radius 3 is 2.69 bits per heavy atom. The summed E-state index contributed by atoms with van der Waals surface area (Å²) in [5.74, 6) is -0.671. The van der Waals surface area contributed by atoms with Crippen molar-refractivity contribution < 1.29 is 22.4 Å². The molecule has 0 atom stereocenters. The monoisotopic (exact) mass is 401 g/mol. The Labute approximate surface area is 155 Å². The number of hydrogen-bond acceptors (Lipinski definition) is 5. The van der Waals surface area contributed by atoms with Crippen molar-refractivity contribution in [2.45, 2.75) is 18.5 Å². The second kappa shape index (κ2) is 7.98. The highest BCUT2D eigenvalue weighted by molar-refractivity contribution is 7.92. The molecule has 0 spiro atoms. The van der Waals surface area contributed by atoms with Gasteiger partial charge in [-0.15, -0.1) is 0 Å². The van der Waals surface area contributed by atoms with Gasteiger partial charge < -0.3 is 0 Å². The highest BCUT2D eigenvalue weighted by Gasteiger charge is 2.23. The van der Waals surface area contributed by atoms with E-state index in [-0.39, 0.29) is 26.9 Å². The van der Waals surface area contributed by atoms with E-state index in [9.17, 15) is 17.6 Å². The number of carbonyl (C=O) groups excluding carboxylic acids is 1. The first-order valence-electron chi connectivity index (χ1n) is 7.35. The molecule has 1 amide bonds. The van der Waals surface area contributed by atoms with E-state index in [0.717, 1.165) is 5.06 Å². The number of aryl methyl sites for hydroxylation is 1. The summed E-state index contributed by atoms with van der Waals surface area (Å²) in [7, 11) is -1.46. The average Bonchev–Trinajstić information content (AvgIpc) is 2.60. The normalized spacial score (nSPS) is 11.3. The summed E-state index contributed by atoms with van der Waals surface area (Å²) in [4.78, 5) is 20.8. The number of aromatic nitrogens is 1. The number of nitrogens with zero attached hydrogens (tertiary/aromatic N) is 2. The van der Waals surface area contributed by atoms with E-state index in [0.29, 0.717) is 5.56 Å². The molecule has 0 aliphatic heterocycles. The summed E-state index contributed by atoms with van der Waals surface area (Å²) in [6.07, 6.45) is 1.21. The van der Waals surface area contributed by atoms with Gasteiger partial charge in [0.05, 0.1) is 22.7 Å². The number of amides is 1. The Morgan fingerprint density at radius 1 is 1.38 bits per heavy atom. The third-order valence-electron chi connectivity index (χ3n) is 3.64. The molecule has 10 heteroatoms. The van der Waals surface area contributed by atoms with Crippen molar-refractivity contribution in [2.24, 2.45) is 0 Å². The standard InChI is InChI=1S/C16H17ClFN3O4S/c1-10-4-5-13(6-11(10)8-18)26(23,24)20-14-7-12(17)9-19-15(14)16(22)21(2)25-3/h4-7,9,20H,8H2,1-3H3. The van der Waals surface area contributed by atoms with Crippen LogP contribution in [0, 0.1) is 6.92 Å². The van der Waals surface area contributed by atoms with E-state index in [1.165, 1.54) is 44.6 Å². The summed E-state index contributed by atoms with van der Waals surface area (Å²) in [5, 5.41) is 1.02. The molecule has 0 fully saturated rings. The topological polar surface area (TPSA) is 88.6 Å². The second-order valence-corrected chi connectivity index (χ2v) is 7.48. The third kappa shape index (κ3) is 4.29. The van der Waals surface area contributed by atoms with Gasteiger partial charge in [-0.25, -0.2) is 22.9 Å². The molecule has 0 saturated carbocycles. The fourth-order valence-electron chi connectivity index (χ4n) is 2.08. The molecule has 1 aromatic carbocycles. The van der Waals surface area contributed by atoms with Gasteiger partial charge in [0, 0.05) is 13.2 Å². The lowest BCUT2D eigenvalue weighted by Crippen LogP contribution is -2.28. The van der Waals surface area contributed by atoms with Crippen molar-refractivity contribution >= 4 is 33.2 Å². The number of alkyl halides is 1. The van der Waals surface area contributed by atoms with Crippen molar-refractivity contribution in [3.8, 4) is 0 Å².